The van der Waals surface area contributed by atoms with Gasteiger partial charge in [-0.25, -0.2) is 0 Å². The third kappa shape index (κ3) is 0.789. The largest absolute Gasteiger partial charge is 0.202 e. The molecule has 3 aromatic rings. The number of fused-ring (bicyclic) bond motifs is 3. The molecular formula is C11H12N3+. The van der Waals surface area contributed by atoms with Crippen LogP contribution in [0.5, 0.6) is 0 Å². The Hall–Kier alpha value is -1.77. The zero-order valence-electron chi connectivity index (χ0n) is 8.28. The van der Waals surface area contributed by atoms with E-state index >= 15 is 0 Å². The van der Waals surface area contributed by atoms with Crippen LogP contribution in [0.4, 0.5) is 0 Å². The van der Waals surface area contributed by atoms with Crippen molar-refractivity contribution < 1.29 is 4.52 Å². The molecule has 0 aliphatic carbocycles. The molecule has 0 unspecified atom stereocenters. The van der Waals surface area contributed by atoms with Crippen LogP contribution in [0.1, 0.15) is 11.4 Å². The van der Waals surface area contributed by atoms with E-state index in [2.05, 4.69) is 52.4 Å². The van der Waals surface area contributed by atoms with E-state index in [1.807, 2.05) is 6.07 Å². The monoisotopic (exact) mass is 186 g/mol. The van der Waals surface area contributed by atoms with E-state index in [1.54, 1.807) is 0 Å². The van der Waals surface area contributed by atoms with Crippen molar-refractivity contribution in [1.82, 2.24) is 9.73 Å². The number of benzene rings is 1. The number of hydrogen-bond acceptors (Lipinski definition) is 0. The normalized spacial score (nSPS) is 11.6. The number of hydrogen-bond donors (Lipinski definition) is 1. The van der Waals surface area contributed by atoms with E-state index < -0.39 is 0 Å². The van der Waals surface area contributed by atoms with Gasteiger partial charge in [-0.05, 0) is 19.1 Å². The highest BCUT2D eigenvalue weighted by Crippen LogP contribution is 2.09. The maximum atomic E-state index is 3.35. The van der Waals surface area contributed by atoms with Crippen LogP contribution in [-0.2, 0) is 0 Å². The molecule has 1 aromatic carbocycles. The summed E-state index contributed by atoms with van der Waals surface area (Å²) in [5, 5.41) is 3.35. The zero-order valence-corrected chi connectivity index (χ0v) is 8.28. The molecule has 0 fully saturated rings. The van der Waals surface area contributed by atoms with E-state index in [4.69, 9.17) is 0 Å². The molecule has 0 aliphatic heterocycles. The maximum Gasteiger partial charge on any atom is 0.202 e. The van der Waals surface area contributed by atoms with Gasteiger partial charge in [-0.15, -0.1) is 4.52 Å². The second-order valence-corrected chi connectivity index (χ2v) is 3.68. The summed E-state index contributed by atoms with van der Waals surface area (Å²) in [6.45, 7) is 4.22. The van der Waals surface area contributed by atoms with Gasteiger partial charge in [0.05, 0.1) is 0 Å². The van der Waals surface area contributed by atoms with E-state index in [1.165, 1.54) is 22.4 Å². The molecule has 0 saturated heterocycles. The van der Waals surface area contributed by atoms with Gasteiger partial charge in [-0.3, -0.25) is 0 Å². The Balaban J connectivity index is 2.65. The van der Waals surface area contributed by atoms with Crippen molar-refractivity contribution >= 4 is 11.0 Å². The molecule has 2 heterocycles. The van der Waals surface area contributed by atoms with E-state index in [9.17, 15) is 0 Å². The highest BCUT2D eigenvalue weighted by atomic mass is 15.5. The first-order valence-electron chi connectivity index (χ1n) is 4.75. The van der Waals surface area contributed by atoms with E-state index in [0.717, 1.165) is 0 Å². The lowest BCUT2D eigenvalue weighted by Gasteiger charge is -1.83. The summed E-state index contributed by atoms with van der Waals surface area (Å²) in [5.41, 5.74) is 4.86. The first-order chi connectivity index (χ1) is 6.77. The minimum atomic E-state index is 1.17. The van der Waals surface area contributed by atoms with Crippen LogP contribution in [0.3, 0.4) is 0 Å². The molecule has 14 heavy (non-hydrogen) atoms. The van der Waals surface area contributed by atoms with Crippen molar-refractivity contribution in [3.05, 3.63) is 41.7 Å². The predicted molar refractivity (Wildman–Crippen MR) is 54.4 cm³/mol. The number of rotatable bonds is 0. The van der Waals surface area contributed by atoms with Gasteiger partial charge in [0.1, 0.15) is 11.4 Å². The average Bonchev–Trinajstić information content (AvgIpc) is 2.66. The summed E-state index contributed by atoms with van der Waals surface area (Å²) >= 11 is 0. The van der Waals surface area contributed by atoms with Crippen LogP contribution in [0.15, 0.2) is 30.3 Å². The molecule has 1 N–H and O–H groups in total. The SMILES string of the molecule is Cc1cc(C)[n+]2c3ccccc3[nH]n12. The Bertz CT molecular complexity index is 616. The van der Waals surface area contributed by atoms with Gasteiger partial charge in [0, 0.05) is 13.0 Å². The van der Waals surface area contributed by atoms with Gasteiger partial charge in [0.25, 0.3) is 0 Å². The summed E-state index contributed by atoms with van der Waals surface area (Å²) in [5.74, 6) is 0. The van der Waals surface area contributed by atoms with Crippen LogP contribution in [0.2, 0.25) is 0 Å². The molecule has 0 bridgehead atoms. The molecule has 0 spiro atoms. The number of nitrogens with one attached hydrogen (secondary N) is 1. The lowest BCUT2D eigenvalue weighted by Crippen LogP contribution is -2.28. The molecule has 3 rings (SSSR count). The molecule has 2 aromatic heterocycles. The number of aromatic nitrogens is 3. The van der Waals surface area contributed by atoms with Gasteiger partial charge in [0.15, 0.2) is 5.52 Å². The number of aryl methyl sites for hydroxylation is 2. The fraction of sp³-hybridized carbons (Fsp3) is 0.182. The molecule has 0 amide bonds. The van der Waals surface area contributed by atoms with Crippen molar-refractivity contribution in [2.24, 2.45) is 0 Å². The summed E-state index contributed by atoms with van der Waals surface area (Å²) in [4.78, 5) is 0. The van der Waals surface area contributed by atoms with Crippen molar-refractivity contribution in [3.8, 4) is 0 Å². The maximum absolute atomic E-state index is 3.35. The Morgan fingerprint density at radius 2 is 2.00 bits per heavy atom. The van der Waals surface area contributed by atoms with Gasteiger partial charge < -0.3 is 0 Å². The molecule has 0 radical (unpaired) electrons. The van der Waals surface area contributed by atoms with Crippen molar-refractivity contribution in [2.75, 3.05) is 0 Å². The standard InChI is InChI=1S/C11H12N3/c1-8-7-9(2)14-12-10-5-3-4-6-11(10)13(8)14/h3-7,12H,1-2H3/q+1. The minimum Gasteiger partial charge on any atom is -0.165 e. The van der Waals surface area contributed by atoms with Crippen LogP contribution < -0.4 is 4.52 Å². The van der Waals surface area contributed by atoms with Crippen LogP contribution in [0, 0.1) is 13.8 Å². The first kappa shape index (κ1) is 7.62. The smallest absolute Gasteiger partial charge is 0.165 e. The lowest BCUT2D eigenvalue weighted by molar-refractivity contribution is -0.599. The molecule has 3 heteroatoms. The van der Waals surface area contributed by atoms with Gasteiger partial charge >= 0.3 is 0 Å². The Kier molecular flexibility index (Phi) is 1.29. The van der Waals surface area contributed by atoms with E-state index in [0.29, 0.717) is 0 Å². The zero-order chi connectivity index (χ0) is 9.71. The predicted octanol–water partition coefficient (Wildman–Crippen LogP) is 1.62. The van der Waals surface area contributed by atoms with Crippen LogP contribution in [-0.4, -0.2) is 9.73 Å². The third-order valence-electron chi connectivity index (χ3n) is 2.64. The molecule has 3 nitrogen and oxygen atoms in total. The number of para-hydroxylation sites is 2. The van der Waals surface area contributed by atoms with Gasteiger partial charge in [-0.2, -0.15) is 5.10 Å². The fourth-order valence-electron chi connectivity index (χ4n) is 2.04. The van der Waals surface area contributed by atoms with Gasteiger partial charge in [-0.1, -0.05) is 16.8 Å². The summed E-state index contributed by atoms with van der Waals surface area (Å²) in [6, 6.07) is 10.5. The number of nitrogens with zero attached hydrogens (tertiary/aromatic N) is 2. The fourth-order valence-corrected chi connectivity index (χ4v) is 2.04. The Labute approximate surface area is 81.6 Å². The summed E-state index contributed by atoms with van der Waals surface area (Å²) < 4.78 is 4.25. The summed E-state index contributed by atoms with van der Waals surface area (Å²) in [7, 11) is 0. The van der Waals surface area contributed by atoms with Crippen LogP contribution in [0.25, 0.3) is 11.0 Å². The quantitative estimate of drug-likeness (QED) is 0.516. The van der Waals surface area contributed by atoms with Crippen molar-refractivity contribution in [3.63, 3.8) is 0 Å². The summed E-state index contributed by atoms with van der Waals surface area (Å²) in [6.07, 6.45) is 0. The molecular weight excluding hydrogens is 174 g/mol. The van der Waals surface area contributed by atoms with Crippen molar-refractivity contribution in [1.29, 1.82) is 0 Å². The number of aromatic amines is 1. The lowest BCUT2D eigenvalue weighted by atomic mass is 10.3. The first-order valence-corrected chi connectivity index (χ1v) is 4.75. The van der Waals surface area contributed by atoms with Gasteiger partial charge in [0.2, 0.25) is 5.52 Å². The van der Waals surface area contributed by atoms with Crippen LogP contribution >= 0.6 is 0 Å². The third-order valence-corrected chi connectivity index (χ3v) is 2.64. The molecule has 0 atom stereocenters. The average molecular weight is 186 g/mol. The molecule has 70 valence electrons. The van der Waals surface area contributed by atoms with E-state index in [-0.39, 0.29) is 0 Å². The Morgan fingerprint density at radius 3 is 2.86 bits per heavy atom. The molecule has 0 saturated carbocycles. The molecule has 0 aliphatic rings. The minimum absolute atomic E-state index is 1.17. The number of H-pyrrole nitrogens is 1. The highest BCUT2D eigenvalue weighted by Gasteiger charge is 2.14. The second-order valence-electron chi connectivity index (χ2n) is 3.68. The topological polar surface area (TPSA) is 24.3 Å². The Morgan fingerprint density at radius 1 is 1.21 bits per heavy atom. The van der Waals surface area contributed by atoms with Crippen molar-refractivity contribution in [2.45, 2.75) is 13.8 Å². The second kappa shape index (κ2) is 2.38. The highest BCUT2D eigenvalue weighted by molar-refractivity contribution is 5.70.